The van der Waals surface area contributed by atoms with Gasteiger partial charge in [-0.25, -0.2) is 0 Å². The molecule has 0 aromatic heterocycles. The highest BCUT2D eigenvalue weighted by Crippen LogP contribution is 1.89. The molecule has 1 heterocycles. The zero-order chi connectivity index (χ0) is 11.9. The maximum absolute atomic E-state index is 8.74. The number of piperazine rings is 1. The van der Waals surface area contributed by atoms with Crippen LogP contribution in [0.5, 0.6) is 0 Å². The fraction of sp³-hybridized carbons (Fsp3) is 0.833. The predicted octanol–water partition coefficient (Wildman–Crippen LogP) is -1.82. The number of guanidine groups is 1. The van der Waals surface area contributed by atoms with E-state index in [2.05, 4.69) is 15.2 Å². The van der Waals surface area contributed by atoms with Crippen LogP contribution in [-0.2, 0) is 10.4 Å². The Bertz CT molecular complexity index is 288. The highest BCUT2D eigenvalue weighted by Gasteiger charge is 2.09. The first kappa shape index (κ1) is 14.1. The van der Waals surface area contributed by atoms with Gasteiger partial charge in [0.2, 0.25) is 0 Å². The van der Waals surface area contributed by atoms with Gasteiger partial charge in [-0.2, -0.15) is 8.42 Å². The standard InChI is InChI=1S/C6H14N4.H2O4S/c1-8-6(7)10-4-2-9-3-5-10;1-5(2,3)4/h9H,2-5H2,1H3,(H2,7,8);(H2,1,2,3,4). The summed E-state index contributed by atoms with van der Waals surface area (Å²) in [6.45, 7) is 3.97. The smallest absolute Gasteiger partial charge is 0.370 e. The molecule has 0 spiro atoms. The molecule has 90 valence electrons. The minimum absolute atomic E-state index is 0.654. The summed E-state index contributed by atoms with van der Waals surface area (Å²) in [7, 11) is -2.95. The molecule has 1 aliphatic heterocycles. The molecule has 0 atom stereocenters. The van der Waals surface area contributed by atoms with Gasteiger partial charge in [0.25, 0.3) is 0 Å². The van der Waals surface area contributed by atoms with Gasteiger partial charge in [-0.05, 0) is 0 Å². The van der Waals surface area contributed by atoms with Crippen molar-refractivity contribution in [2.75, 3.05) is 33.2 Å². The second-order valence-electron chi connectivity index (χ2n) is 2.77. The third-order valence-corrected chi connectivity index (χ3v) is 1.67. The van der Waals surface area contributed by atoms with Crippen LogP contribution in [0.1, 0.15) is 0 Å². The molecule has 0 aliphatic carbocycles. The second kappa shape index (κ2) is 6.56. The highest BCUT2D eigenvalue weighted by molar-refractivity contribution is 7.79. The van der Waals surface area contributed by atoms with Crippen molar-refractivity contribution < 1.29 is 17.5 Å². The number of hydrogen-bond acceptors (Lipinski definition) is 4. The molecule has 0 amide bonds. The zero-order valence-electron chi connectivity index (χ0n) is 8.42. The van der Waals surface area contributed by atoms with Gasteiger partial charge in [0.1, 0.15) is 0 Å². The Morgan fingerprint density at radius 2 is 1.80 bits per heavy atom. The molecule has 1 saturated heterocycles. The second-order valence-corrected chi connectivity index (χ2v) is 3.66. The lowest BCUT2D eigenvalue weighted by Gasteiger charge is -2.27. The largest absolute Gasteiger partial charge is 0.394 e. The van der Waals surface area contributed by atoms with Gasteiger partial charge >= 0.3 is 10.4 Å². The summed E-state index contributed by atoms with van der Waals surface area (Å²) in [4.78, 5) is 5.98. The van der Waals surface area contributed by atoms with Crippen molar-refractivity contribution in [1.82, 2.24) is 10.2 Å². The molecule has 0 aromatic carbocycles. The number of aliphatic imine (C=N–C) groups is 1. The minimum atomic E-state index is -4.67. The Kier molecular flexibility index (Phi) is 6.17. The monoisotopic (exact) mass is 240 g/mol. The average molecular weight is 240 g/mol. The summed E-state index contributed by atoms with van der Waals surface area (Å²) in [6.07, 6.45) is 0. The Hall–Kier alpha value is -0.900. The van der Waals surface area contributed by atoms with Gasteiger partial charge in [0.15, 0.2) is 5.96 Å². The summed E-state index contributed by atoms with van der Waals surface area (Å²) in [5, 5.41) is 3.24. The van der Waals surface area contributed by atoms with Crippen molar-refractivity contribution in [3.8, 4) is 0 Å². The summed E-state index contributed by atoms with van der Waals surface area (Å²) in [6, 6.07) is 0. The molecule has 1 aliphatic rings. The lowest BCUT2D eigenvalue weighted by Crippen LogP contribution is -2.49. The van der Waals surface area contributed by atoms with Crippen molar-refractivity contribution in [3.05, 3.63) is 0 Å². The van der Waals surface area contributed by atoms with Crippen LogP contribution in [0, 0.1) is 0 Å². The highest BCUT2D eigenvalue weighted by atomic mass is 32.3. The lowest BCUT2D eigenvalue weighted by molar-refractivity contribution is 0.354. The van der Waals surface area contributed by atoms with E-state index in [1.54, 1.807) is 7.05 Å². The first-order valence-corrected chi connectivity index (χ1v) is 5.62. The molecule has 8 nitrogen and oxygen atoms in total. The molecule has 0 radical (unpaired) electrons. The Balaban J connectivity index is 0.000000336. The van der Waals surface area contributed by atoms with Gasteiger partial charge in [-0.3, -0.25) is 14.1 Å². The van der Waals surface area contributed by atoms with E-state index < -0.39 is 10.4 Å². The fourth-order valence-electron chi connectivity index (χ4n) is 1.04. The zero-order valence-corrected chi connectivity index (χ0v) is 9.24. The topological polar surface area (TPSA) is 128 Å². The van der Waals surface area contributed by atoms with Crippen LogP contribution in [0.15, 0.2) is 4.99 Å². The molecule has 0 bridgehead atoms. The molecule has 1 fully saturated rings. The van der Waals surface area contributed by atoms with Crippen molar-refractivity contribution in [3.63, 3.8) is 0 Å². The number of nitrogens with zero attached hydrogens (tertiary/aromatic N) is 2. The van der Waals surface area contributed by atoms with Gasteiger partial charge in [-0.1, -0.05) is 0 Å². The minimum Gasteiger partial charge on any atom is -0.370 e. The van der Waals surface area contributed by atoms with Crippen LogP contribution in [0.2, 0.25) is 0 Å². The van der Waals surface area contributed by atoms with E-state index in [4.69, 9.17) is 23.3 Å². The van der Waals surface area contributed by atoms with Crippen LogP contribution in [0.4, 0.5) is 0 Å². The maximum atomic E-state index is 8.74. The number of nitrogens with one attached hydrogen (secondary N) is 1. The summed E-state index contributed by atoms with van der Waals surface area (Å²) in [5.41, 5.74) is 5.60. The third kappa shape index (κ3) is 9.41. The van der Waals surface area contributed by atoms with Crippen LogP contribution < -0.4 is 11.1 Å². The van der Waals surface area contributed by atoms with Crippen molar-refractivity contribution >= 4 is 16.4 Å². The molecule has 0 unspecified atom stereocenters. The van der Waals surface area contributed by atoms with Gasteiger partial charge in [0, 0.05) is 33.2 Å². The molecule has 1 rings (SSSR count). The van der Waals surface area contributed by atoms with E-state index in [-0.39, 0.29) is 0 Å². The van der Waals surface area contributed by atoms with E-state index in [1.165, 1.54) is 0 Å². The van der Waals surface area contributed by atoms with Gasteiger partial charge < -0.3 is 16.0 Å². The van der Waals surface area contributed by atoms with Crippen molar-refractivity contribution in [2.45, 2.75) is 0 Å². The summed E-state index contributed by atoms with van der Waals surface area (Å²) >= 11 is 0. The average Bonchev–Trinajstić information content (AvgIpc) is 2.15. The predicted molar refractivity (Wildman–Crippen MR) is 56.2 cm³/mol. The third-order valence-electron chi connectivity index (χ3n) is 1.67. The summed E-state index contributed by atoms with van der Waals surface area (Å²) < 4.78 is 31.6. The molecule has 0 aromatic rings. The van der Waals surface area contributed by atoms with Crippen LogP contribution in [-0.4, -0.2) is 61.6 Å². The first-order valence-electron chi connectivity index (χ1n) is 4.22. The van der Waals surface area contributed by atoms with Crippen LogP contribution in [0.3, 0.4) is 0 Å². The van der Waals surface area contributed by atoms with Gasteiger partial charge in [0.05, 0.1) is 0 Å². The SMILES string of the molecule is CN=C(N)N1CCNCC1.O=S(=O)(O)O. The van der Waals surface area contributed by atoms with Crippen molar-refractivity contribution in [2.24, 2.45) is 10.7 Å². The fourth-order valence-corrected chi connectivity index (χ4v) is 1.04. The van der Waals surface area contributed by atoms with Crippen LogP contribution in [0.25, 0.3) is 0 Å². The van der Waals surface area contributed by atoms with Crippen LogP contribution >= 0.6 is 0 Å². The lowest BCUT2D eigenvalue weighted by atomic mass is 10.4. The molecular weight excluding hydrogens is 224 g/mol. The maximum Gasteiger partial charge on any atom is 0.394 e. The molecule has 15 heavy (non-hydrogen) atoms. The first-order chi connectivity index (χ1) is 6.84. The number of hydrogen-bond donors (Lipinski definition) is 4. The van der Waals surface area contributed by atoms with E-state index in [0.29, 0.717) is 5.96 Å². The molecule has 5 N–H and O–H groups in total. The van der Waals surface area contributed by atoms with E-state index in [1.807, 2.05) is 0 Å². The molecule has 9 heteroatoms. The molecule has 0 saturated carbocycles. The number of rotatable bonds is 0. The van der Waals surface area contributed by atoms with E-state index >= 15 is 0 Å². The Labute approximate surface area is 88.7 Å². The Morgan fingerprint density at radius 1 is 1.40 bits per heavy atom. The normalized spacial score (nSPS) is 18.1. The molecular formula is C6H16N4O4S. The van der Waals surface area contributed by atoms with E-state index in [0.717, 1.165) is 26.2 Å². The quantitative estimate of drug-likeness (QED) is 0.223. The van der Waals surface area contributed by atoms with Gasteiger partial charge in [-0.15, -0.1) is 0 Å². The number of nitrogens with two attached hydrogens (primary N) is 1. The summed E-state index contributed by atoms with van der Waals surface area (Å²) in [5.74, 6) is 0.654. The Morgan fingerprint density at radius 3 is 2.13 bits per heavy atom. The van der Waals surface area contributed by atoms with Crippen molar-refractivity contribution in [1.29, 1.82) is 0 Å². The van der Waals surface area contributed by atoms with E-state index in [9.17, 15) is 0 Å².